The molecule has 1 aliphatic rings. The Morgan fingerprint density at radius 2 is 1.95 bits per heavy atom. The Labute approximate surface area is 135 Å². The van der Waals surface area contributed by atoms with Gasteiger partial charge in [-0.3, -0.25) is 9.79 Å². The molecule has 0 radical (unpaired) electrons. The quantitative estimate of drug-likeness (QED) is 0.753. The molecule has 0 aromatic heterocycles. The van der Waals surface area contributed by atoms with Crippen LogP contribution in [0.5, 0.6) is 0 Å². The van der Waals surface area contributed by atoms with Crippen LogP contribution in [-0.2, 0) is 6.42 Å². The van der Waals surface area contributed by atoms with E-state index in [1.807, 2.05) is 12.1 Å². The predicted octanol–water partition coefficient (Wildman–Crippen LogP) is 4.74. The largest absolute Gasteiger partial charge is 0.294 e. The fourth-order valence-corrected chi connectivity index (χ4v) is 3.13. The number of nitrogens with zero attached hydrogens (tertiary/aromatic N) is 1. The summed E-state index contributed by atoms with van der Waals surface area (Å²) < 4.78 is 0. The summed E-state index contributed by atoms with van der Waals surface area (Å²) in [7, 11) is 0. The third-order valence-electron chi connectivity index (χ3n) is 3.86. The summed E-state index contributed by atoms with van der Waals surface area (Å²) >= 11 is 5.98. The maximum absolute atomic E-state index is 12.5. The van der Waals surface area contributed by atoms with E-state index in [2.05, 4.69) is 26.0 Å². The van der Waals surface area contributed by atoms with Crippen molar-refractivity contribution in [2.45, 2.75) is 32.2 Å². The van der Waals surface area contributed by atoms with Gasteiger partial charge in [-0.05, 0) is 43.5 Å². The highest BCUT2D eigenvalue weighted by molar-refractivity contribution is 6.31. The molecule has 1 heterocycles. The van der Waals surface area contributed by atoms with Gasteiger partial charge in [-0.2, -0.15) is 0 Å². The first kappa shape index (κ1) is 15.0. The van der Waals surface area contributed by atoms with E-state index in [0.717, 1.165) is 17.7 Å². The van der Waals surface area contributed by atoms with Gasteiger partial charge < -0.3 is 0 Å². The molecule has 2 aromatic rings. The predicted molar refractivity (Wildman–Crippen MR) is 91.2 cm³/mol. The van der Waals surface area contributed by atoms with Crippen LogP contribution in [0.4, 0.5) is 0 Å². The van der Waals surface area contributed by atoms with Crippen LogP contribution in [0, 0.1) is 0 Å². The van der Waals surface area contributed by atoms with Crippen molar-refractivity contribution in [2.24, 2.45) is 4.99 Å². The van der Waals surface area contributed by atoms with Gasteiger partial charge in [0.1, 0.15) is 0 Å². The first-order chi connectivity index (χ1) is 10.4. The number of hydrogen-bond acceptors (Lipinski definition) is 2. The lowest BCUT2D eigenvalue weighted by Crippen LogP contribution is -2.29. The molecule has 0 aliphatic carbocycles. The zero-order valence-corrected chi connectivity index (χ0v) is 13.5. The van der Waals surface area contributed by atoms with Crippen molar-refractivity contribution < 1.29 is 4.79 Å². The number of benzene rings is 2. The molecule has 22 heavy (non-hydrogen) atoms. The maximum atomic E-state index is 12.5. The molecule has 1 aliphatic heterocycles. The van der Waals surface area contributed by atoms with E-state index in [0.29, 0.717) is 17.0 Å². The molecule has 0 amide bonds. The smallest absolute Gasteiger partial charge is 0.168 e. The summed E-state index contributed by atoms with van der Waals surface area (Å²) in [6, 6.07) is 15.3. The first-order valence-corrected chi connectivity index (χ1v) is 7.78. The Balaban J connectivity index is 1.93. The Morgan fingerprint density at radius 3 is 2.73 bits per heavy atom. The van der Waals surface area contributed by atoms with Gasteiger partial charge in [0.15, 0.2) is 5.78 Å². The molecular weight excluding hydrogens is 294 g/mol. The number of hydrogen-bond donors (Lipinski definition) is 0. The molecule has 0 saturated carbocycles. The van der Waals surface area contributed by atoms with Crippen LogP contribution < -0.4 is 0 Å². The van der Waals surface area contributed by atoms with Crippen molar-refractivity contribution in [3.8, 4) is 0 Å². The van der Waals surface area contributed by atoms with Crippen molar-refractivity contribution in [1.82, 2.24) is 0 Å². The Morgan fingerprint density at radius 1 is 1.18 bits per heavy atom. The van der Waals surface area contributed by atoms with Gasteiger partial charge in [0.25, 0.3) is 0 Å². The van der Waals surface area contributed by atoms with Crippen LogP contribution in [0.3, 0.4) is 0 Å². The zero-order chi connectivity index (χ0) is 15.7. The third kappa shape index (κ3) is 3.12. The lowest BCUT2D eigenvalue weighted by molar-refractivity contribution is 0.100. The molecule has 0 N–H and O–H groups in total. The van der Waals surface area contributed by atoms with Gasteiger partial charge in [-0.1, -0.05) is 48.0 Å². The molecule has 2 aromatic carbocycles. The molecule has 0 saturated heterocycles. The molecule has 2 nitrogen and oxygen atoms in total. The molecule has 0 spiro atoms. The van der Waals surface area contributed by atoms with Gasteiger partial charge in [0.2, 0.25) is 0 Å². The van der Waals surface area contributed by atoms with Crippen LogP contribution in [0.25, 0.3) is 0 Å². The van der Waals surface area contributed by atoms with E-state index in [-0.39, 0.29) is 11.3 Å². The summed E-state index contributed by atoms with van der Waals surface area (Å²) in [6.07, 6.45) is 1.21. The second kappa shape index (κ2) is 5.69. The Bertz CT molecular complexity index is 762. The third-order valence-corrected chi connectivity index (χ3v) is 4.10. The molecular formula is C19H18ClNO. The van der Waals surface area contributed by atoms with Gasteiger partial charge >= 0.3 is 0 Å². The maximum Gasteiger partial charge on any atom is 0.168 e. The van der Waals surface area contributed by atoms with E-state index in [4.69, 9.17) is 16.6 Å². The number of aliphatic imine (C=N–C) groups is 1. The number of carbonyl (C=O) groups is 1. The lowest BCUT2D eigenvalue weighted by atomic mass is 9.85. The molecule has 112 valence electrons. The molecule has 3 heteroatoms. The average molecular weight is 312 g/mol. The zero-order valence-electron chi connectivity index (χ0n) is 12.8. The summed E-state index contributed by atoms with van der Waals surface area (Å²) in [6.45, 7) is 4.21. The molecule has 0 atom stereocenters. The van der Waals surface area contributed by atoms with Crippen molar-refractivity contribution in [1.29, 1.82) is 0 Å². The molecule has 0 fully saturated rings. The lowest BCUT2D eigenvalue weighted by Gasteiger charge is -2.29. The summed E-state index contributed by atoms with van der Waals surface area (Å²) in [5.74, 6) is 0.0498. The highest BCUT2D eigenvalue weighted by Gasteiger charge is 2.27. The van der Waals surface area contributed by atoms with Gasteiger partial charge in [0, 0.05) is 10.6 Å². The number of halogens is 1. The van der Waals surface area contributed by atoms with E-state index < -0.39 is 0 Å². The van der Waals surface area contributed by atoms with E-state index in [9.17, 15) is 4.79 Å². The highest BCUT2D eigenvalue weighted by Crippen LogP contribution is 2.28. The molecule has 3 rings (SSSR count). The van der Waals surface area contributed by atoms with Crippen molar-refractivity contribution in [2.75, 3.05) is 0 Å². The van der Waals surface area contributed by atoms with Crippen molar-refractivity contribution in [3.63, 3.8) is 0 Å². The van der Waals surface area contributed by atoms with Crippen molar-refractivity contribution in [3.05, 3.63) is 70.2 Å². The second-order valence-corrected chi connectivity index (χ2v) is 6.75. The van der Waals surface area contributed by atoms with Gasteiger partial charge in [-0.15, -0.1) is 0 Å². The first-order valence-electron chi connectivity index (χ1n) is 7.40. The SMILES string of the molecule is CC1(C)Cc2ccccc2C(CC(=O)c2cccc(Cl)c2)=N1. The van der Waals surface area contributed by atoms with Crippen LogP contribution in [0.2, 0.25) is 5.02 Å². The summed E-state index contributed by atoms with van der Waals surface area (Å²) in [5, 5.41) is 0.581. The second-order valence-electron chi connectivity index (χ2n) is 6.32. The van der Waals surface area contributed by atoms with Gasteiger partial charge in [0.05, 0.1) is 17.7 Å². The van der Waals surface area contributed by atoms with E-state index >= 15 is 0 Å². The van der Waals surface area contributed by atoms with Crippen LogP contribution >= 0.6 is 11.6 Å². The Hall–Kier alpha value is -1.93. The number of rotatable bonds is 3. The minimum absolute atomic E-state index is 0.0498. The molecule has 0 unspecified atom stereocenters. The highest BCUT2D eigenvalue weighted by atomic mass is 35.5. The van der Waals surface area contributed by atoms with Gasteiger partial charge in [-0.25, -0.2) is 0 Å². The Kier molecular flexibility index (Phi) is 3.88. The minimum atomic E-state index is -0.168. The van der Waals surface area contributed by atoms with Crippen LogP contribution in [-0.4, -0.2) is 17.0 Å². The number of Topliss-reactive ketones (excluding diaryl/α,β-unsaturated/α-hetero) is 1. The minimum Gasteiger partial charge on any atom is -0.294 e. The van der Waals surface area contributed by atoms with Crippen LogP contribution in [0.15, 0.2) is 53.5 Å². The summed E-state index contributed by atoms with van der Waals surface area (Å²) in [4.78, 5) is 17.4. The summed E-state index contributed by atoms with van der Waals surface area (Å²) in [5.41, 5.74) is 3.69. The number of fused-ring (bicyclic) bond motifs is 1. The monoisotopic (exact) mass is 311 g/mol. The standard InChI is InChI=1S/C19H18ClNO/c1-19(2)12-14-6-3-4-9-16(14)17(21-19)11-18(22)13-7-5-8-15(20)10-13/h3-10H,11-12H2,1-2H3. The molecule has 0 bridgehead atoms. The topological polar surface area (TPSA) is 29.4 Å². The normalized spacial score (nSPS) is 15.9. The number of ketones is 1. The van der Waals surface area contributed by atoms with E-state index in [1.165, 1.54) is 5.56 Å². The number of carbonyl (C=O) groups excluding carboxylic acids is 1. The average Bonchev–Trinajstić information content (AvgIpc) is 2.46. The fraction of sp³-hybridized carbons (Fsp3) is 0.263. The van der Waals surface area contributed by atoms with Crippen LogP contribution in [0.1, 0.15) is 41.8 Å². The fourth-order valence-electron chi connectivity index (χ4n) is 2.94. The van der Waals surface area contributed by atoms with Crippen molar-refractivity contribution >= 4 is 23.1 Å². The van der Waals surface area contributed by atoms with E-state index in [1.54, 1.807) is 24.3 Å².